The van der Waals surface area contributed by atoms with Crippen LogP contribution in [0.3, 0.4) is 0 Å². The van der Waals surface area contributed by atoms with E-state index in [9.17, 15) is 4.79 Å². The highest BCUT2D eigenvalue weighted by atomic mass is 79.9. The summed E-state index contributed by atoms with van der Waals surface area (Å²) in [5, 5.41) is 0. The molecule has 1 aromatic rings. The number of carbonyl (C=O) groups excluding carboxylic acids is 1. The first-order chi connectivity index (χ1) is 6.56. The van der Waals surface area contributed by atoms with E-state index in [2.05, 4.69) is 34.5 Å². The molecule has 0 aliphatic carbocycles. The quantitative estimate of drug-likeness (QED) is 0.759. The fourth-order valence-corrected chi connectivity index (χ4v) is 2.08. The second kappa shape index (κ2) is 4.60. The van der Waals surface area contributed by atoms with E-state index < -0.39 is 0 Å². The summed E-state index contributed by atoms with van der Waals surface area (Å²) in [6, 6.07) is 5.52. The van der Waals surface area contributed by atoms with Gasteiger partial charge in [-0.3, -0.25) is 0 Å². The molecule has 0 N–H and O–H groups in total. The summed E-state index contributed by atoms with van der Waals surface area (Å²) in [6.07, 6.45) is 0. The number of methoxy groups -OCH3 is 1. The van der Waals surface area contributed by atoms with Gasteiger partial charge in [-0.05, 0) is 23.6 Å². The fraction of sp³-hybridized carbons (Fsp3) is 0.364. The second-order valence-corrected chi connectivity index (χ2v) is 4.24. The summed E-state index contributed by atoms with van der Waals surface area (Å²) in [7, 11) is 1.38. The van der Waals surface area contributed by atoms with Crippen LogP contribution in [0.25, 0.3) is 0 Å². The number of ether oxygens (including phenoxy) is 1. The van der Waals surface area contributed by atoms with Gasteiger partial charge in [0.1, 0.15) is 0 Å². The summed E-state index contributed by atoms with van der Waals surface area (Å²) >= 11 is 3.44. The van der Waals surface area contributed by atoms with Gasteiger partial charge in [0.2, 0.25) is 0 Å². The van der Waals surface area contributed by atoms with Gasteiger partial charge in [0.15, 0.2) is 0 Å². The number of halogens is 1. The second-order valence-electron chi connectivity index (χ2n) is 3.38. The molecule has 0 amide bonds. The van der Waals surface area contributed by atoms with Crippen LogP contribution in [0.15, 0.2) is 22.7 Å². The maximum absolute atomic E-state index is 11.2. The minimum Gasteiger partial charge on any atom is -0.465 e. The molecule has 3 heteroatoms. The molecule has 76 valence electrons. The number of hydrogen-bond donors (Lipinski definition) is 0. The zero-order chi connectivity index (χ0) is 10.7. The van der Waals surface area contributed by atoms with Crippen molar-refractivity contribution < 1.29 is 9.53 Å². The Morgan fingerprint density at radius 2 is 2.07 bits per heavy atom. The fourth-order valence-electron chi connectivity index (χ4n) is 1.24. The van der Waals surface area contributed by atoms with Crippen LogP contribution in [0.1, 0.15) is 35.7 Å². The van der Waals surface area contributed by atoms with Crippen molar-refractivity contribution >= 4 is 21.9 Å². The molecule has 0 bridgehead atoms. The van der Waals surface area contributed by atoms with E-state index in [1.54, 1.807) is 12.1 Å². The molecule has 0 atom stereocenters. The van der Waals surface area contributed by atoms with Crippen LogP contribution in [0.4, 0.5) is 0 Å². The summed E-state index contributed by atoms with van der Waals surface area (Å²) in [6.45, 7) is 4.22. The van der Waals surface area contributed by atoms with E-state index >= 15 is 0 Å². The number of hydrogen-bond acceptors (Lipinski definition) is 2. The predicted molar refractivity (Wildman–Crippen MR) is 59.6 cm³/mol. The average Bonchev–Trinajstić information content (AvgIpc) is 2.15. The first kappa shape index (κ1) is 11.2. The molecule has 0 spiro atoms. The van der Waals surface area contributed by atoms with Crippen molar-refractivity contribution in [2.75, 3.05) is 7.11 Å². The smallest absolute Gasteiger partial charge is 0.337 e. The highest BCUT2D eigenvalue weighted by Gasteiger charge is 2.09. The Kier molecular flexibility index (Phi) is 3.69. The van der Waals surface area contributed by atoms with Crippen LogP contribution in [0, 0.1) is 0 Å². The van der Waals surface area contributed by atoms with Gasteiger partial charge in [0.05, 0.1) is 12.7 Å². The molecule has 0 fully saturated rings. The van der Waals surface area contributed by atoms with E-state index in [1.165, 1.54) is 12.7 Å². The molecule has 2 nitrogen and oxygen atoms in total. The summed E-state index contributed by atoms with van der Waals surface area (Å²) in [4.78, 5) is 11.2. The first-order valence-electron chi connectivity index (χ1n) is 4.44. The van der Waals surface area contributed by atoms with Crippen molar-refractivity contribution in [2.24, 2.45) is 0 Å². The van der Waals surface area contributed by atoms with Gasteiger partial charge < -0.3 is 4.74 Å². The minimum absolute atomic E-state index is 0.305. The standard InChI is InChI=1S/C11H13BrO2/c1-7(2)9-5-4-8(6-10(9)12)11(13)14-3/h4-7H,1-3H3. The number of esters is 1. The monoisotopic (exact) mass is 256 g/mol. The van der Waals surface area contributed by atoms with Gasteiger partial charge in [0, 0.05) is 4.47 Å². The molecule has 0 saturated carbocycles. The third-order valence-corrected chi connectivity index (χ3v) is 2.73. The molecule has 1 aromatic carbocycles. The van der Waals surface area contributed by atoms with Crippen LogP contribution < -0.4 is 0 Å². The Hall–Kier alpha value is -0.830. The number of rotatable bonds is 2. The minimum atomic E-state index is -0.305. The predicted octanol–water partition coefficient (Wildman–Crippen LogP) is 3.36. The van der Waals surface area contributed by atoms with Crippen LogP contribution in [0.5, 0.6) is 0 Å². The molecular weight excluding hydrogens is 244 g/mol. The lowest BCUT2D eigenvalue weighted by atomic mass is 10.0. The topological polar surface area (TPSA) is 26.3 Å². The van der Waals surface area contributed by atoms with Crippen molar-refractivity contribution in [3.8, 4) is 0 Å². The Balaban J connectivity index is 3.06. The van der Waals surface area contributed by atoms with E-state index in [0.717, 1.165) is 4.47 Å². The third-order valence-electron chi connectivity index (χ3n) is 2.04. The third kappa shape index (κ3) is 2.35. The average molecular weight is 257 g/mol. The van der Waals surface area contributed by atoms with Crippen LogP contribution in [-0.2, 0) is 4.74 Å². The van der Waals surface area contributed by atoms with E-state index in [0.29, 0.717) is 11.5 Å². The Morgan fingerprint density at radius 1 is 1.43 bits per heavy atom. The number of carbonyl (C=O) groups is 1. The van der Waals surface area contributed by atoms with Crippen LogP contribution in [0.2, 0.25) is 0 Å². The Morgan fingerprint density at radius 3 is 2.50 bits per heavy atom. The number of benzene rings is 1. The molecule has 0 radical (unpaired) electrons. The van der Waals surface area contributed by atoms with Crippen molar-refractivity contribution in [1.29, 1.82) is 0 Å². The maximum Gasteiger partial charge on any atom is 0.337 e. The van der Waals surface area contributed by atoms with Gasteiger partial charge in [-0.1, -0.05) is 35.8 Å². The van der Waals surface area contributed by atoms with Crippen molar-refractivity contribution in [3.63, 3.8) is 0 Å². The van der Waals surface area contributed by atoms with Crippen molar-refractivity contribution in [3.05, 3.63) is 33.8 Å². The van der Waals surface area contributed by atoms with Crippen LogP contribution >= 0.6 is 15.9 Å². The Bertz CT molecular complexity index is 345. The molecule has 0 saturated heterocycles. The molecule has 1 rings (SSSR count). The highest BCUT2D eigenvalue weighted by Crippen LogP contribution is 2.25. The van der Waals surface area contributed by atoms with Gasteiger partial charge in [-0.15, -0.1) is 0 Å². The molecule has 0 aromatic heterocycles. The molecule has 0 aliphatic heterocycles. The largest absolute Gasteiger partial charge is 0.465 e. The Labute approximate surface area is 92.4 Å². The summed E-state index contributed by atoms with van der Waals surface area (Å²) in [5.41, 5.74) is 1.77. The zero-order valence-electron chi connectivity index (χ0n) is 8.50. The lowest BCUT2D eigenvalue weighted by Crippen LogP contribution is -2.02. The van der Waals surface area contributed by atoms with Crippen molar-refractivity contribution in [2.45, 2.75) is 19.8 Å². The van der Waals surface area contributed by atoms with E-state index in [1.807, 2.05) is 6.07 Å². The summed E-state index contributed by atoms with van der Waals surface area (Å²) in [5.74, 6) is 0.136. The summed E-state index contributed by atoms with van der Waals surface area (Å²) < 4.78 is 5.59. The normalized spacial score (nSPS) is 10.4. The molecule has 0 aliphatic rings. The maximum atomic E-state index is 11.2. The van der Waals surface area contributed by atoms with Gasteiger partial charge >= 0.3 is 5.97 Å². The zero-order valence-corrected chi connectivity index (χ0v) is 10.1. The molecule has 0 heterocycles. The van der Waals surface area contributed by atoms with Gasteiger partial charge in [-0.25, -0.2) is 4.79 Å². The molecular formula is C11H13BrO2. The molecule has 0 unspecified atom stereocenters. The highest BCUT2D eigenvalue weighted by molar-refractivity contribution is 9.10. The van der Waals surface area contributed by atoms with Crippen molar-refractivity contribution in [1.82, 2.24) is 0 Å². The van der Waals surface area contributed by atoms with Crippen LogP contribution in [-0.4, -0.2) is 13.1 Å². The van der Waals surface area contributed by atoms with Gasteiger partial charge in [0.25, 0.3) is 0 Å². The van der Waals surface area contributed by atoms with E-state index in [-0.39, 0.29) is 5.97 Å². The van der Waals surface area contributed by atoms with E-state index in [4.69, 9.17) is 0 Å². The SMILES string of the molecule is COC(=O)c1ccc(C(C)C)c(Br)c1. The first-order valence-corrected chi connectivity index (χ1v) is 5.23. The lowest BCUT2D eigenvalue weighted by molar-refractivity contribution is 0.0600. The van der Waals surface area contributed by atoms with Gasteiger partial charge in [-0.2, -0.15) is 0 Å². The lowest BCUT2D eigenvalue weighted by Gasteiger charge is -2.09. The molecule has 14 heavy (non-hydrogen) atoms.